The molecule has 0 N–H and O–H groups in total. The van der Waals surface area contributed by atoms with E-state index in [2.05, 4.69) is 22.0 Å². The maximum absolute atomic E-state index is 12.7. The van der Waals surface area contributed by atoms with Gasteiger partial charge in [-0.2, -0.15) is 0 Å². The second kappa shape index (κ2) is 9.98. The Kier molecular flexibility index (Phi) is 6.89. The van der Waals surface area contributed by atoms with Gasteiger partial charge in [-0.25, -0.2) is 4.98 Å². The fourth-order valence-corrected chi connectivity index (χ4v) is 4.16. The lowest BCUT2D eigenvalue weighted by molar-refractivity contribution is -0.157. The third-order valence-electron chi connectivity index (χ3n) is 5.18. The van der Waals surface area contributed by atoms with Crippen LogP contribution in [0.25, 0.3) is 11.1 Å². The number of fused-ring (bicyclic) bond motifs is 1. The molecular formula is C23H25N3O4S. The van der Waals surface area contributed by atoms with Crippen LogP contribution in [-0.4, -0.2) is 64.7 Å². The van der Waals surface area contributed by atoms with E-state index >= 15 is 0 Å². The number of hydrogen-bond donors (Lipinski definition) is 0. The second-order valence-corrected chi connectivity index (χ2v) is 8.38. The average molecular weight is 440 g/mol. The van der Waals surface area contributed by atoms with Gasteiger partial charge in [0.2, 0.25) is 0 Å². The molecule has 1 aromatic heterocycles. The Morgan fingerprint density at radius 2 is 1.77 bits per heavy atom. The van der Waals surface area contributed by atoms with E-state index in [9.17, 15) is 9.59 Å². The van der Waals surface area contributed by atoms with E-state index in [-0.39, 0.29) is 11.7 Å². The number of hydrogen-bond acceptors (Lipinski definition) is 7. The number of carbonyl (C=O) groups is 2. The fraction of sp³-hybridized carbons (Fsp3) is 0.348. The molecule has 0 saturated carbocycles. The number of para-hydroxylation sites is 2. The molecule has 7 nitrogen and oxygen atoms in total. The number of rotatable bonds is 7. The van der Waals surface area contributed by atoms with Crippen molar-refractivity contribution < 1.29 is 18.7 Å². The number of piperazine rings is 1. The van der Waals surface area contributed by atoms with Crippen LogP contribution >= 0.6 is 11.8 Å². The largest absolute Gasteiger partial charge is 0.452 e. The highest BCUT2D eigenvalue weighted by Crippen LogP contribution is 2.23. The molecule has 8 heteroatoms. The third-order valence-corrected chi connectivity index (χ3v) is 5.98. The molecule has 0 bridgehead atoms. The molecule has 1 aliphatic rings. The first kappa shape index (κ1) is 21.4. The van der Waals surface area contributed by atoms with Crippen molar-refractivity contribution in [3.05, 3.63) is 60.2 Å². The summed E-state index contributed by atoms with van der Waals surface area (Å²) in [4.78, 5) is 33.3. The first-order valence-electron chi connectivity index (χ1n) is 10.3. The number of thioether (sulfide) groups is 1. The molecule has 31 heavy (non-hydrogen) atoms. The minimum absolute atomic E-state index is 0.0370. The standard InChI is InChI=1S/C23H25N3O4S/c1-17(29-21(27)16-31-23-24-19-9-5-6-10-20(19)30-23)22(28)26-13-11-25(12-14-26)15-18-7-3-2-4-8-18/h2-10,17H,11-16H2,1H3/t17-/m1/s1. The molecule has 0 radical (unpaired) electrons. The normalized spacial score (nSPS) is 15.7. The quantitative estimate of drug-likeness (QED) is 0.413. The van der Waals surface area contributed by atoms with Crippen molar-refractivity contribution in [3.63, 3.8) is 0 Å². The summed E-state index contributed by atoms with van der Waals surface area (Å²) in [5.74, 6) is -0.578. The van der Waals surface area contributed by atoms with Gasteiger partial charge in [-0.15, -0.1) is 0 Å². The minimum Gasteiger partial charge on any atom is -0.452 e. The van der Waals surface area contributed by atoms with Crippen LogP contribution in [0.15, 0.2) is 64.2 Å². The smallest absolute Gasteiger partial charge is 0.317 e. The number of esters is 1. The molecule has 2 heterocycles. The summed E-state index contributed by atoms with van der Waals surface area (Å²) in [5.41, 5.74) is 2.68. The molecule has 4 rings (SSSR count). The topological polar surface area (TPSA) is 75.9 Å². The Morgan fingerprint density at radius 3 is 2.52 bits per heavy atom. The Hall–Kier alpha value is -2.84. The molecule has 1 atom stereocenters. The van der Waals surface area contributed by atoms with Crippen molar-refractivity contribution in [1.29, 1.82) is 0 Å². The van der Waals surface area contributed by atoms with Gasteiger partial charge in [0, 0.05) is 32.7 Å². The zero-order chi connectivity index (χ0) is 21.6. The van der Waals surface area contributed by atoms with Gasteiger partial charge in [0.05, 0.1) is 0 Å². The molecule has 1 saturated heterocycles. The summed E-state index contributed by atoms with van der Waals surface area (Å²) in [6.07, 6.45) is -0.808. The predicted octanol–water partition coefficient (Wildman–Crippen LogP) is 3.20. The van der Waals surface area contributed by atoms with E-state index in [0.29, 0.717) is 23.9 Å². The van der Waals surface area contributed by atoms with E-state index in [1.807, 2.05) is 42.5 Å². The Bertz CT molecular complexity index is 998. The molecule has 3 aromatic rings. The van der Waals surface area contributed by atoms with Crippen molar-refractivity contribution in [2.24, 2.45) is 0 Å². The maximum Gasteiger partial charge on any atom is 0.317 e. The van der Waals surface area contributed by atoms with E-state index in [0.717, 1.165) is 36.9 Å². The predicted molar refractivity (Wildman–Crippen MR) is 119 cm³/mol. The van der Waals surface area contributed by atoms with Crippen LogP contribution in [0.5, 0.6) is 0 Å². The molecular weight excluding hydrogens is 414 g/mol. The third kappa shape index (κ3) is 5.65. The van der Waals surface area contributed by atoms with Crippen LogP contribution in [0.1, 0.15) is 12.5 Å². The van der Waals surface area contributed by atoms with Crippen molar-refractivity contribution in [1.82, 2.24) is 14.8 Å². The number of oxazole rings is 1. The van der Waals surface area contributed by atoms with Gasteiger partial charge >= 0.3 is 5.97 Å². The molecule has 2 aromatic carbocycles. The van der Waals surface area contributed by atoms with E-state index in [1.165, 1.54) is 5.56 Å². The van der Waals surface area contributed by atoms with Crippen LogP contribution < -0.4 is 0 Å². The van der Waals surface area contributed by atoms with Gasteiger partial charge < -0.3 is 14.1 Å². The van der Waals surface area contributed by atoms with Crippen molar-refractivity contribution in [2.75, 3.05) is 31.9 Å². The molecule has 1 fully saturated rings. The lowest BCUT2D eigenvalue weighted by Crippen LogP contribution is -2.51. The lowest BCUT2D eigenvalue weighted by atomic mass is 10.2. The van der Waals surface area contributed by atoms with Crippen molar-refractivity contribution in [3.8, 4) is 0 Å². The molecule has 1 aliphatic heterocycles. The molecule has 0 aliphatic carbocycles. The fourth-order valence-electron chi connectivity index (χ4n) is 3.54. The average Bonchev–Trinajstić information content (AvgIpc) is 3.21. The highest BCUT2D eigenvalue weighted by atomic mass is 32.2. The second-order valence-electron chi connectivity index (χ2n) is 7.46. The summed E-state index contributed by atoms with van der Waals surface area (Å²) < 4.78 is 10.9. The maximum atomic E-state index is 12.7. The molecule has 0 unspecified atom stereocenters. The lowest BCUT2D eigenvalue weighted by Gasteiger charge is -2.35. The SMILES string of the molecule is C[C@@H](OC(=O)CSc1nc2ccccc2o1)C(=O)N1CCN(Cc2ccccc2)CC1. The van der Waals surface area contributed by atoms with Gasteiger partial charge in [0.15, 0.2) is 11.7 Å². The number of ether oxygens (including phenoxy) is 1. The summed E-state index contributed by atoms with van der Waals surface area (Å²) in [6.45, 7) is 5.36. The van der Waals surface area contributed by atoms with Crippen LogP contribution in [-0.2, 0) is 20.9 Å². The Morgan fingerprint density at radius 1 is 1.06 bits per heavy atom. The first-order valence-corrected chi connectivity index (χ1v) is 11.3. The Balaban J connectivity index is 1.20. The van der Waals surface area contributed by atoms with Gasteiger partial charge in [-0.05, 0) is 24.6 Å². The number of nitrogens with zero attached hydrogens (tertiary/aromatic N) is 3. The van der Waals surface area contributed by atoms with E-state index in [4.69, 9.17) is 9.15 Å². The van der Waals surface area contributed by atoms with Crippen molar-refractivity contribution >= 4 is 34.7 Å². The highest BCUT2D eigenvalue weighted by molar-refractivity contribution is 7.99. The van der Waals surface area contributed by atoms with Crippen LogP contribution in [0, 0.1) is 0 Å². The van der Waals surface area contributed by atoms with Gasteiger partial charge in [0.1, 0.15) is 11.3 Å². The zero-order valence-corrected chi connectivity index (χ0v) is 18.2. The highest BCUT2D eigenvalue weighted by Gasteiger charge is 2.27. The van der Waals surface area contributed by atoms with Crippen molar-refractivity contribution in [2.45, 2.75) is 24.8 Å². The minimum atomic E-state index is -0.808. The van der Waals surface area contributed by atoms with Crippen LogP contribution in [0.2, 0.25) is 0 Å². The molecule has 162 valence electrons. The molecule has 1 amide bonds. The number of aromatic nitrogens is 1. The van der Waals surface area contributed by atoms with Crippen LogP contribution in [0.4, 0.5) is 0 Å². The van der Waals surface area contributed by atoms with Crippen LogP contribution in [0.3, 0.4) is 0 Å². The monoisotopic (exact) mass is 439 g/mol. The summed E-state index contributed by atoms with van der Waals surface area (Å²) in [6, 6.07) is 17.7. The van der Waals surface area contributed by atoms with Gasteiger partial charge in [-0.3, -0.25) is 14.5 Å². The van der Waals surface area contributed by atoms with E-state index in [1.54, 1.807) is 11.8 Å². The summed E-state index contributed by atoms with van der Waals surface area (Å²) in [7, 11) is 0. The van der Waals surface area contributed by atoms with E-state index < -0.39 is 12.1 Å². The number of benzene rings is 2. The first-order chi connectivity index (χ1) is 15.1. The van der Waals surface area contributed by atoms with Gasteiger partial charge in [0.25, 0.3) is 11.1 Å². The summed E-state index contributed by atoms with van der Waals surface area (Å²) in [5, 5.41) is 0.409. The zero-order valence-electron chi connectivity index (χ0n) is 17.4. The summed E-state index contributed by atoms with van der Waals surface area (Å²) >= 11 is 1.16. The Labute approximate surface area is 185 Å². The molecule has 0 spiro atoms. The number of amides is 1. The van der Waals surface area contributed by atoms with Gasteiger partial charge in [-0.1, -0.05) is 54.2 Å². The number of carbonyl (C=O) groups excluding carboxylic acids is 2.